The van der Waals surface area contributed by atoms with Crippen molar-refractivity contribution in [2.45, 2.75) is 90.2 Å². The summed E-state index contributed by atoms with van der Waals surface area (Å²) in [5, 5.41) is 18.7. The highest BCUT2D eigenvalue weighted by Gasteiger charge is 2.62. The van der Waals surface area contributed by atoms with Gasteiger partial charge in [-0.25, -0.2) is 13.5 Å². The van der Waals surface area contributed by atoms with E-state index in [0.717, 1.165) is 70.5 Å². The Balaban J connectivity index is 1.23. The average molecular weight is 530 g/mol. The van der Waals surface area contributed by atoms with E-state index in [2.05, 4.69) is 17.2 Å². The number of carbonyl (C=O) groups is 1. The lowest BCUT2D eigenvalue weighted by Crippen LogP contribution is -2.57. The summed E-state index contributed by atoms with van der Waals surface area (Å²) < 4.78 is 34.8. The predicted molar refractivity (Wildman–Crippen MR) is 139 cm³/mol. The number of nitrogens with zero attached hydrogens (tertiary/aromatic N) is 3. The highest BCUT2D eigenvalue weighted by Crippen LogP contribution is 2.69. The van der Waals surface area contributed by atoms with Gasteiger partial charge in [0.2, 0.25) is 0 Å². The Morgan fingerprint density at radius 3 is 2.71 bits per heavy atom. The van der Waals surface area contributed by atoms with Gasteiger partial charge in [-0.2, -0.15) is 0 Å². The van der Waals surface area contributed by atoms with E-state index in [1.54, 1.807) is 7.11 Å². The molecular formula is C30H41F2N3O3. The van der Waals surface area contributed by atoms with E-state index in [4.69, 9.17) is 4.74 Å². The number of halogens is 2. The van der Waals surface area contributed by atoms with Gasteiger partial charge in [0.15, 0.2) is 22.9 Å². The van der Waals surface area contributed by atoms with Crippen molar-refractivity contribution in [2.75, 3.05) is 13.7 Å². The van der Waals surface area contributed by atoms with Crippen LogP contribution in [0.3, 0.4) is 0 Å². The second-order valence-electron chi connectivity index (χ2n) is 13.4. The van der Waals surface area contributed by atoms with Crippen molar-refractivity contribution in [3.05, 3.63) is 23.8 Å². The molecule has 1 aromatic heterocycles. The zero-order valence-corrected chi connectivity index (χ0v) is 22.9. The maximum absolute atomic E-state index is 14.2. The van der Waals surface area contributed by atoms with E-state index in [1.165, 1.54) is 17.2 Å². The van der Waals surface area contributed by atoms with Crippen LogP contribution in [0.1, 0.15) is 78.1 Å². The molecule has 0 bridgehead atoms. The Hall–Kier alpha value is -1.93. The number of ketones is 1. The molecule has 6 nitrogen and oxygen atoms in total. The third kappa shape index (κ3) is 3.95. The molecule has 208 valence electrons. The Kier molecular flexibility index (Phi) is 6.45. The van der Waals surface area contributed by atoms with Crippen LogP contribution in [0.25, 0.3) is 11.0 Å². The summed E-state index contributed by atoms with van der Waals surface area (Å²) in [6.45, 7) is 5.14. The van der Waals surface area contributed by atoms with Crippen LogP contribution in [-0.4, -0.2) is 45.2 Å². The first kappa shape index (κ1) is 26.3. The minimum Gasteiger partial charge on any atom is -0.390 e. The van der Waals surface area contributed by atoms with Gasteiger partial charge >= 0.3 is 0 Å². The van der Waals surface area contributed by atoms with E-state index in [9.17, 15) is 18.7 Å². The Labute approximate surface area is 223 Å². The van der Waals surface area contributed by atoms with E-state index in [-0.39, 0.29) is 34.6 Å². The van der Waals surface area contributed by atoms with E-state index >= 15 is 0 Å². The van der Waals surface area contributed by atoms with Gasteiger partial charge in [-0.3, -0.25) is 4.79 Å². The van der Waals surface area contributed by atoms with Crippen molar-refractivity contribution in [1.29, 1.82) is 0 Å². The van der Waals surface area contributed by atoms with Gasteiger partial charge in [-0.15, -0.1) is 5.10 Å². The molecule has 1 N–H and O–H groups in total. The maximum Gasteiger partial charge on any atom is 0.188 e. The van der Waals surface area contributed by atoms with Crippen LogP contribution in [-0.2, 0) is 16.1 Å². The highest BCUT2D eigenvalue weighted by atomic mass is 19.2. The van der Waals surface area contributed by atoms with Crippen molar-refractivity contribution in [2.24, 2.45) is 40.4 Å². The molecule has 4 aliphatic rings. The molecule has 4 fully saturated rings. The lowest BCUT2D eigenvalue weighted by atomic mass is 9.42. The SMILES string of the molecule is COCC[C@]12CC[C@@](C)(O)C[C@H]1CC[C@H]1[C@H]3CC[C@H](C(=O)Cn4nnc5c(F)c(F)ccc54)[C@@]3(C)CC[C@@H]12. The van der Waals surface area contributed by atoms with Crippen LogP contribution in [0, 0.1) is 52.1 Å². The first-order chi connectivity index (χ1) is 18.1. The molecule has 4 saturated carbocycles. The molecule has 1 aromatic carbocycles. The van der Waals surface area contributed by atoms with Gasteiger partial charge in [0.1, 0.15) is 6.54 Å². The Morgan fingerprint density at radius 1 is 1.11 bits per heavy atom. The van der Waals surface area contributed by atoms with Gasteiger partial charge in [0.05, 0.1) is 11.1 Å². The average Bonchev–Trinajstić information content (AvgIpc) is 3.45. The fraction of sp³-hybridized carbons (Fsp3) is 0.767. The molecular weight excluding hydrogens is 488 g/mol. The number of Topliss-reactive ketones (excluding diaryl/α,β-unsaturated/α-hetero) is 1. The minimum absolute atomic E-state index is 0.0393. The zero-order chi connectivity index (χ0) is 26.9. The van der Waals surface area contributed by atoms with E-state index in [1.807, 2.05) is 6.92 Å². The Bertz CT molecular complexity index is 1230. The summed E-state index contributed by atoms with van der Waals surface area (Å²) in [4.78, 5) is 13.7. The number of rotatable bonds is 6. The van der Waals surface area contributed by atoms with Gasteiger partial charge in [-0.1, -0.05) is 12.1 Å². The maximum atomic E-state index is 14.2. The molecule has 8 heteroatoms. The topological polar surface area (TPSA) is 77.2 Å². The monoisotopic (exact) mass is 529 g/mol. The number of hydrogen-bond donors (Lipinski definition) is 1. The number of carbonyl (C=O) groups excluding carboxylic acids is 1. The van der Waals surface area contributed by atoms with Crippen LogP contribution >= 0.6 is 0 Å². The third-order valence-electron chi connectivity index (χ3n) is 11.7. The number of methoxy groups -OCH3 is 1. The second-order valence-corrected chi connectivity index (χ2v) is 13.4. The van der Waals surface area contributed by atoms with E-state index < -0.39 is 17.2 Å². The Morgan fingerprint density at radius 2 is 1.92 bits per heavy atom. The summed E-state index contributed by atoms with van der Waals surface area (Å²) >= 11 is 0. The molecule has 0 radical (unpaired) electrons. The van der Waals surface area contributed by atoms with Crippen molar-refractivity contribution in [3.63, 3.8) is 0 Å². The molecule has 6 rings (SSSR count). The van der Waals surface area contributed by atoms with Crippen LogP contribution in [0.2, 0.25) is 0 Å². The lowest BCUT2D eigenvalue weighted by molar-refractivity contribution is -0.163. The van der Waals surface area contributed by atoms with Crippen molar-refractivity contribution < 1.29 is 23.4 Å². The predicted octanol–water partition coefficient (Wildman–Crippen LogP) is 5.71. The fourth-order valence-corrected chi connectivity index (χ4v) is 9.91. The van der Waals surface area contributed by atoms with Gasteiger partial charge in [0.25, 0.3) is 0 Å². The van der Waals surface area contributed by atoms with E-state index in [0.29, 0.717) is 29.2 Å². The van der Waals surface area contributed by atoms with Crippen LogP contribution in [0.5, 0.6) is 0 Å². The number of fused-ring (bicyclic) bond motifs is 6. The summed E-state index contributed by atoms with van der Waals surface area (Å²) in [7, 11) is 1.79. The standard InChI is InChI=1S/C30H41F2N3O3/c1-28(37)12-13-30(14-15-38-3)18(16-28)4-5-19-20-6-7-22(29(20,2)11-10-21(19)30)25(36)17-35-24-9-8-23(31)26(32)27(24)33-34-35/h8-9,18-22,37H,4-7,10-17H2,1-3H3/t18-,19+,20-,21+,22-,28-,29+,30-/m1/s1. The van der Waals surface area contributed by atoms with Crippen LogP contribution in [0.4, 0.5) is 8.78 Å². The van der Waals surface area contributed by atoms with Crippen LogP contribution < -0.4 is 0 Å². The zero-order valence-electron chi connectivity index (χ0n) is 22.9. The van der Waals surface area contributed by atoms with Crippen molar-refractivity contribution in [3.8, 4) is 0 Å². The molecule has 38 heavy (non-hydrogen) atoms. The quantitative estimate of drug-likeness (QED) is 0.519. The largest absolute Gasteiger partial charge is 0.390 e. The van der Waals surface area contributed by atoms with Crippen LogP contribution in [0.15, 0.2) is 12.1 Å². The molecule has 8 atom stereocenters. The summed E-state index contributed by atoms with van der Waals surface area (Å²) in [5.41, 5.74) is -0.168. The molecule has 0 unspecified atom stereocenters. The summed E-state index contributed by atoms with van der Waals surface area (Å²) in [5.74, 6) is 0.365. The number of aromatic nitrogens is 3. The summed E-state index contributed by atoms with van der Waals surface area (Å²) in [6.07, 6.45) is 10.3. The number of benzene rings is 1. The molecule has 0 spiro atoms. The third-order valence-corrected chi connectivity index (χ3v) is 11.7. The normalized spacial score (nSPS) is 40.5. The second kappa shape index (κ2) is 9.33. The molecule has 0 aliphatic heterocycles. The fourth-order valence-electron chi connectivity index (χ4n) is 9.91. The molecule has 0 amide bonds. The van der Waals surface area contributed by atoms with Gasteiger partial charge in [0, 0.05) is 19.6 Å². The van der Waals surface area contributed by atoms with Gasteiger partial charge < -0.3 is 9.84 Å². The lowest BCUT2D eigenvalue weighted by Gasteiger charge is -2.63. The first-order valence-electron chi connectivity index (χ1n) is 14.5. The number of ether oxygens (including phenoxy) is 1. The number of hydrogen-bond acceptors (Lipinski definition) is 5. The molecule has 2 aromatic rings. The minimum atomic E-state index is -1.02. The molecule has 4 aliphatic carbocycles. The summed E-state index contributed by atoms with van der Waals surface area (Å²) in [6, 6.07) is 2.52. The smallest absolute Gasteiger partial charge is 0.188 e. The van der Waals surface area contributed by atoms with Crippen molar-refractivity contribution >= 4 is 16.8 Å². The molecule has 0 saturated heterocycles. The molecule has 1 heterocycles. The van der Waals surface area contributed by atoms with Crippen molar-refractivity contribution in [1.82, 2.24) is 15.0 Å². The van der Waals surface area contributed by atoms with Gasteiger partial charge in [-0.05, 0) is 118 Å². The highest BCUT2D eigenvalue weighted by molar-refractivity contribution is 5.84. The number of aliphatic hydroxyl groups is 1. The first-order valence-corrected chi connectivity index (χ1v) is 14.5.